The molecule has 0 aromatic heterocycles. The van der Waals surface area contributed by atoms with E-state index < -0.39 is 10.0 Å². The zero-order valence-corrected chi connectivity index (χ0v) is 12.8. The number of anilines is 1. The Morgan fingerprint density at radius 3 is 2.42 bits per heavy atom. The Hall–Kier alpha value is -1.33. The van der Waals surface area contributed by atoms with Crippen molar-refractivity contribution in [3.8, 4) is 0 Å². The van der Waals surface area contributed by atoms with Crippen molar-refractivity contribution in [1.82, 2.24) is 4.31 Å². The van der Waals surface area contributed by atoms with Gasteiger partial charge in [-0.2, -0.15) is 4.31 Å². The molecule has 5 heteroatoms. The Balaban J connectivity index is 3.37. The zero-order chi connectivity index (χ0) is 14.8. The molecular weight excluding hydrogens is 260 g/mol. The van der Waals surface area contributed by atoms with E-state index in [-0.39, 0.29) is 4.90 Å². The van der Waals surface area contributed by atoms with Crippen molar-refractivity contribution < 1.29 is 8.42 Å². The molecule has 0 atom stereocenters. The van der Waals surface area contributed by atoms with Gasteiger partial charge >= 0.3 is 0 Å². The van der Waals surface area contributed by atoms with Gasteiger partial charge in [-0.1, -0.05) is 19.1 Å². The third-order valence-corrected chi connectivity index (χ3v) is 5.01. The maximum absolute atomic E-state index is 12.7. The van der Waals surface area contributed by atoms with Crippen LogP contribution in [0.3, 0.4) is 0 Å². The lowest BCUT2D eigenvalue weighted by Gasteiger charge is -2.22. The lowest BCUT2D eigenvalue weighted by Crippen LogP contribution is -2.32. The molecule has 1 aromatic rings. The molecule has 1 rings (SSSR count). The van der Waals surface area contributed by atoms with E-state index in [2.05, 4.69) is 6.58 Å². The number of nitrogens with two attached hydrogens (primary N) is 1. The molecule has 2 N–H and O–H groups in total. The van der Waals surface area contributed by atoms with E-state index in [0.717, 1.165) is 11.1 Å². The standard InChI is InChI=1S/C14H22N2O2S/c1-6-16(9-10(2)3)19(17,18)14-8-11(4)7-13(15)12(14)5/h7-8H,2,6,9,15H2,1,3-5H3. The van der Waals surface area contributed by atoms with E-state index in [0.29, 0.717) is 24.3 Å². The molecule has 0 aliphatic carbocycles. The monoisotopic (exact) mass is 282 g/mol. The molecule has 1 aromatic carbocycles. The van der Waals surface area contributed by atoms with Crippen LogP contribution in [-0.2, 0) is 10.0 Å². The molecule has 4 nitrogen and oxygen atoms in total. The summed E-state index contributed by atoms with van der Waals surface area (Å²) in [5.74, 6) is 0. The van der Waals surface area contributed by atoms with Crippen LogP contribution in [-0.4, -0.2) is 25.8 Å². The van der Waals surface area contributed by atoms with Crippen LogP contribution in [0.5, 0.6) is 0 Å². The van der Waals surface area contributed by atoms with Crippen molar-refractivity contribution in [2.24, 2.45) is 0 Å². The highest BCUT2D eigenvalue weighted by molar-refractivity contribution is 7.89. The summed E-state index contributed by atoms with van der Waals surface area (Å²) in [6, 6.07) is 3.45. The summed E-state index contributed by atoms with van der Waals surface area (Å²) in [4.78, 5) is 0.285. The molecular formula is C14H22N2O2S. The molecule has 0 spiro atoms. The highest BCUT2D eigenvalue weighted by Crippen LogP contribution is 2.26. The summed E-state index contributed by atoms with van der Waals surface area (Å²) in [5.41, 5.74) is 8.62. The Kier molecular flexibility index (Phi) is 4.76. The number of benzene rings is 1. The van der Waals surface area contributed by atoms with Crippen LogP contribution in [0.25, 0.3) is 0 Å². The van der Waals surface area contributed by atoms with E-state index in [9.17, 15) is 8.42 Å². The lowest BCUT2D eigenvalue weighted by molar-refractivity contribution is 0.452. The first-order chi connectivity index (χ1) is 8.70. The summed E-state index contributed by atoms with van der Waals surface area (Å²) >= 11 is 0. The second kappa shape index (κ2) is 5.75. The van der Waals surface area contributed by atoms with E-state index >= 15 is 0 Å². The number of aryl methyl sites for hydroxylation is 1. The minimum absolute atomic E-state index is 0.285. The summed E-state index contributed by atoms with van der Waals surface area (Å²) < 4.78 is 26.7. The predicted octanol–water partition coefficient (Wildman–Crippen LogP) is 2.47. The summed E-state index contributed by atoms with van der Waals surface area (Å²) in [6.07, 6.45) is 0. The quantitative estimate of drug-likeness (QED) is 0.666. The smallest absolute Gasteiger partial charge is 0.243 e. The largest absolute Gasteiger partial charge is 0.398 e. The van der Waals surface area contributed by atoms with Crippen molar-refractivity contribution >= 4 is 15.7 Å². The van der Waals surface area contributed by atoms with Gasteiger partial charge in [0.15, 0.2) is 0 Å². The molecule has 0 saturated carbocycles. The minimum Gasteiger partial charge on any atom is -0.398 e. The lowest BCUT2D eigenvalue weighted by atomic mass is 10.1. The number of hydrogen-bond donors (Lipinski definition) is 1. The molecule has 0 amide bonds. The Bertz CT molecular complexity index is 592. The van der Waals surface area contributed by atoms with E-state index in [1.165, 1.54) is 4.31 Å². The highest BCUT2D eigenvalue weighted by Gasteiger charge is 2.25. The fourth-order valence-corrected chi connectivity index (χ4v) is 3.78. The van der Waals surface area contributed by atoms with E-state index in [4.69, 9.17) is 5.73 Å². The predicted molar refractivity (Wildman–Crippen MR) is 79.6 cm³/mol. The average molecular weight is 282 g/mol. The number of nitrogen functional groups attached to an aromatic ring is 1. The Morgan fingerprint density at radius 2 is 1.95 bits per heavy atom. The molecule has 106 valence electrons. The SMILES string of the molecule is C=C(C)CN(CC)S(=O)(=O)c1cc(C)cc(N)c1C. The van der Waals surface area contributed by atoms with Crippen LogP contribution in [0.15, 0.2) is 29.2 Å². The van der Waals surface area contributed by atoms with E-state index in [1.54, 1.807) is 19.1 Å². The number of rotatable bonds is 5. The third kappa shape index (κ3) is 3.36. The van der Waals surface area contributed by atoms with Gasteiger partial charge in [-0.15, -0.1) is 0 Å². The topological polar surface area (TPSA) is 63.4 Å². The Morgan fingerprint density at radius 1 is 1.37 bits per heavy atom. The van der Waals surface area contributed by atoms with Crippen molar-refractivity contribution in [3.05, 3.63) is 35.4 Å². The van der Waals surface area contributed by atoms with Gasteiger partial charge in [0.25, 0.3) is 0 Å². The highest BCUT2D eigenvalue weighted by atomic mass is 32.2. The van der Waals surface area contributed by atoms with Crippen LogP contribution >= 0.6 is 0 Å². The van der Waals surface area contributed by atoms with Crippen LogP contribution in [0.2, 0.25) is 0 Å². The van der Waals surface area contributed by atoms with Crippen molar-refractivity contribution in [2.75, 3.05) is 18.8 Å². The second-order valence-electron chi connectivity index (χ2n) is 4.87. The van der Waals surface area contributed by atoms with Gasteiger partial charge in [0.1, 0.15) is 0 Å². The molecule has 19 heavy (non-hydrogen) atoms. The van der Waals surface area contributed by atoms with Crippen LogP contribution in [0, 0.1) is 13.8 Å². The zero-order valence-electron chi connectivity index (χ0n) is 12.0. The number of sulfonamides is 1. The second-order valence-corrected chi connectivity index (χ2v) is 6.77. The summed E-state index contributed by atoms with van der Waals surface area (Å²) in [6.45, 7) is 11.7. The van der Waals surface area contributed by atoms with Crippen LogP contribution < -0.4 is 5.73 Å². The molecule has 0 fully saturated rings. The van der Waals surface area contributed by atoms with Crippen LogP contribution in [0.4, 0.5) is 5.69 Å². The van der Waals surface area contributed by atoms with Gasteiger partial charge in [0, 0.05) is 18.8 Å². The van der Waals surface area contributed by atoms with Gasteiger partial charge in [-0.3, -0.25) is 0 Å². The maximum Gasteiger partial charge on any atom is 0.243 e. The van der Waals surface area contributed by atoms with Gasteiger partial charge in [0.2, 0.25) is 10.0 Å². The van der Waals surface area contributed by atoms with E-state index in [1.807, 2.05) is 20.8 Å². The molecule has 0 bridgehead atoms. The summed E-state index contributed by atoms with van der Waals surface area (Å²) in [5, 5.41) is 0. The average Bonchev–Trinajstić information content (AvgIpc) is 2.30. The number of likely N-dealkylation sites (N-methyl/N-ethyl adjacent to an activating group) is 1. The van der Waals surface area contributed by atoms with Crippen LogP contribution in [0.1, 0.15) is 25.0 Å². The van der Waals surface area contributed by atoms with Gasteiger partial charge < -0.3 is 5.73 Å². The maximum atomic E-state index is 12.7. The van der Waals surface area contributed by atoms with Crippen molar-refractivity contribution in [2.45, 2.75) is 32.6 Å². The first-order valence-corrected chi connectivity index (χ1v) is 7.65. The van der Waals surface area contributed by atoms with Gasteiger partial charge in [0.05, 0.1) is 4.90 Å². The first-order valence-electron chi connectivity index (χ1n) is 6.21. The molecule has 0 radical (unpaired) electrons. The Labute approximate surface area is 116 Å². The molecule has 0 saturated heterocycles. The number of nitrogens with zero attached hydrogens (tertiary/aromatic N) is 1. The van der Waals surface area contributed by atoms with Crippen molar-refractivity contribution in [3.63, 3.8) is 0 Å². The third-order valence-electron chi connectivity index (χ3n) is 2.96. The summed E-state index contributed by atoms with van der Waals surface area (Å²) in [7, 11) is -3.53. The molecule has 0 heterocycles. The number of hydrogen-bond acceptors (Lipinski definition) is 3. The fraction of sp³-hybridized carbons (Fsp3) is 0.429. The van der Waals surface area contributed by atoms with Gasteiger partial charge in [-0.25, -0.2) is 8.42 Å². The molecule has 0 unspecified atom stereocenters. The fourth-order valence-electron chi connectivity index (χ4n) is 1.93. The molecule has 0 aliphatic rings. The van der Waals surface area contributed by atoms with Gasteiger partial charge in [-0.05, 0) is 44.0 Å². The normalized spacial score (nSPS) is 11.8. The minimum atomic E-state index is -3.53. The molecule has 0 aliphatic heterocycles. The first kappa shape index (κ1) is 15.7. The van der Waals surface area contributed by atoms with Crippen molar-refractivity contribution in [1.29, 1.82) is 0 Å².